The van der Waals surface area contributed by atoms with E-state index in [1.54, 1.807) is 0 Å². The highest BCUT2D eigenvalue weighted by Gasteiger charge is 2.28. The number of rotatable bonds is 3. The summed E-state index contributed by atoms with van der Waals surface area (Å²) >= 11 is 3.47. The molecule has 0 aromatic heterocycles. The minimum atomic E-state index is 0.184. The highest BCUT2D eigenvalue weighted by molar-refractivity contribution is 9.09. The lowest BCUT2D eigenvalue weighted by atomic mass is 9.87. The summed E-state index contributed by atoms with van der Waals surface area (Å²) in [7, 11) is 0. The van der Waals surface area contributed by atoms with E-state index in [0.29, 0.717) is 12.3 Å². The molecule has 0 saturated carbocycles. The Bertz CT molecular complexity index is 447. The molecule has 104 valence electrons. The van der Waals surface area contributed by atoms with Crippen molar-refractivity contribution in [2.24, 2.45) is 5.92 Å². The van der Waals surface area contributed by atoms with Crippen molar-refractivity contribution >= 4 is 21.8 Å². The van der Waals surface area contributed by atoms with Crippen molar-refractivity contribution in [2.75, 3.05) is 11.9 Å². The lowest BCUT2D eigenvalue weighted by molar-refractivity contribution is -0.128. The summed E-state index contributed by atoms with van der Waals surface area (Å²) in [4.78, 5) is 13.8. The average molecular weight is 324 g/mol. The van der Waals surface area contributed by atoms with Gasteiger partial charge in [0.2, 0.25) is 5.91 Å². The third-order valence-electron chi connectivity index (χ3n) is 3.71. The van der Waals surface area contributed by atoms with Gasteiger partial charge >= 0.3 is 0 Å². The molecule has 19 heavy (non-hydrogen) atoms. The molecular weight excluding hydrogens is 302 g/mol. The van der Waals surface area contributed by atoms with Gasteiger partial charge in [-0.3, -0.25) is 4.79 Å². The van der Waals surface area contributed by atoms with E-state index in [4.69, 9.17) is 0 Å². The zero-order chi connectivity index (χ0) is 14.0. The number of hydrogen-bond acceptors (Lipinski definition) is 1. The summed E-state index contributed by atoms with van der Waals surface area (Å²) in [6, 6.07) is 8.65. The van der Waals surface area contributed by atoms with Crippen LogP contribution in [0.1, 0.15) is 38.3 Å². The van der Waals surface area contributed by atoms with Gasteiger partial charge in [0.25, 0.3) is 0 Å². The molecule has 0 N–H and O–H groups in total. The third kappa shape index (κ3) is 3.59. The van der Waals surface area contributed by atoms with Gasteiger partial charge < -0.3 is 4.90 Å². The second-order valence-electron chi connectivity index (χ2n) is 6.45. The van der Waals surface area contributed by atoms with Gasteiger partial charge in [0.05, 0.1) is 0 Å². The molecule has 1 aliphatic rings. The molecule has 1 aromatic carbocycles. The molecule has 2 rings (SSSR count). The van der Waals surface area contributed by atoms with Gasteiger partial charge in [0, 0.05) is 24.8 Å². The fourth-order valence-electron chi connectivity index (χ4n) is 2.44. The van der Waals surface area contributed by atoms with Crippen LogP contribution < -0.4 is 0 Å². The lowest BCUT2D eigenvalue weighted by Gasteiger charge is -2.20. The number of amides is 1. The van der Waals surface area contributed by atoms with Gasteiger partial charge in [-0.05, 0) is 22.5 Å². The topological polar surface area (TPSA) is 20.3 Å². The van der Waals surface area contributed by atoms with E-state index < -0.39 is 0 Å². The second-order valence-corrected chi connectivity index (χ2v) is 7.09. The van der Waals surface area contributed by atoms with E-state index in [0.717, 1.165) is 18.4 Å². The van der Waals surface area contributed by atoms with Crippen LogP contribution in [0.25, 0.3) is 0 Å². The number of benzene rings is 1. The summed E-state index contributed by atoms with van der Waals surface area (Å²) in [5, 5.41) is 0.915. The fourth-order valence-corrected chi connectivity index (χ4v) is 2.87. The van der Waals surface area contributed by atoms with Crippen molar-refractivity contribution in [3.05, 3.63) is 35.4 Å². The molecule has 1 aromatic rings. The number of carbonyl (C=O) groups is 1. The van der Waals surface area contributed by atoms with E-state index in [9.17, 15) is 4.79 Å². The Labute approximate surface area is 124 Å². The summed E-state index contributed by atoms with van der Waals surface area (Å²) in [6.45, 7) is 8.27. The zero-order valence-corrected chi connectivity index (χ0v) is 13.5. The first-order valence-electron chi connectivity index (χ1n) is 6.83. The van der Waals surface area contributed by atoms with Gasteiger partial charge in [-0.2, -0.15) is 0 Å². The fraction of sp³-hybridized carbons (Fsp3) is 0.562. The van der Waals surface area contributed by atoms with Gasteiger partial charge in [0.15, 0.2) is 0 Å². The van der Waals surface area contributed by atoms with Crippen LogP contribution in [0.4, 0.5) is 0 Å². The smallest absolute Gasteiger partial charge is 0.223 e. The largest absolute Gasteiger partial charge is 0.338 e. The molecule has 0 bridgehead atoms. The third-order valence-corrected chi connectivity index (χ3v) is 4.62. The molecule has 0 radical (unpaired) electrons. The summed E-state index contributed by atoms with van der Waals surface area (Å²) in [5.74, 6) is 0.755. The number of nitrogens with zero attached hydrogens (tertiary/aromatic N) is 1. The Morgan fingerprint density at radius 3 is 2.37 bits per heavy atom. The lowest BCUT2D eigenvalue weighted by Crippen LogP contribution is -2.24. The first-order valence-corrected chi connectivity index (χ1v) is 7.95. The van der Waals surface area contributed by atoms with Crippen molar-refractivity contribution < 1.29 is 4.79 Å². The highest BCUT2D eigenvalue weighted by atomic mass is 79.9. The minimum absolute atomic E-state index is 0.184. The predicted octanol–water partition coefficient (Wildman–Crippen LogP) is 3.73. The number of carbonyl (C=O) groups excluding carboxylic acids is 1. The maximum atomic E-state index is 11.9. The van der Waals surface area contributed by atoms with Crippen LogP contribution in [-0.4, -0.2) is 22.7 Å². The van der Waals surface area contributed by atoms with Crippen molar-refractivity contribution in [2.45, 2.75) is 39.2 Å². The van der Waals surface area contributed by atoms with Gasteiger partial charge in [-0.1, -0.05) is 61.0 Å². The Morgan fingerprint density at radius 1 is 1.26 bits per heavy atom. The Morgan fingerprint density at radius 2 is 1.89 bits per heavy atom. The Balaban J connectivity index is 2.02. The number of alkyl halides is 1. The van der Waals surface area contributed by atoms with E-state index in [2.05, 4.69) is 61.0 Å². The highest BCUT2D eigenvalue weighted by Crippen LogP contribution is 2.24. The zero-order valence-electron chi connectivity index (χ0n) is 11.9. The van der Waals surface area contributed by atoms with E-state index in [-0.39, 0.29) is 11.3 Å². The van der Waals surface area contributed by atoms with Crippen molar-refractivity contribution in [3.8, 4) is 0 Å². The molecular formula is C16H22BrNO. The molecule has 1 atom stereocenters. The summed E-state index contributed by atoms with van der Waals surface area (Å²) in [5.41, 5.74) is 2.74. The van der Waals surface area contributed by atoms with E-state index in [1.165, 1.54) is 11.1 Å². The van der Waals surface area contributed by atoms with E-state index >= 15 is 0 Å². The maximum absolute atomic E-state index is 11.9. The van der Waals surface area contributed by atoms with Crippen LogP contribution in [-0.2, 0) is 16.8 Å². The van der Waals surface area contributed by atoms with Crippen LogP contribution in [0, 0.1) is 5.92 Å². The predicted molar refractivity (Wildman–Crippen MR) is 82.5 cm³/mol. The van der Waals surface area contributed by atoms with Gasteiger partial charge in [-0.25, -0.2) is 0 Å². The summed E-state index contributed by atoms with van der Waals surface area (Å²) < 4.78 is 0. The number of halogens is 1. The first kappa shape index (κ1) is 14.6. The minimum Gasteiger partial charge on any atom is -0.338 e. The van der Waals surface area contributed by atoms with Gasteiger partial charge in [-0.15, -0.1) is 0 Å². The molecule has 3 heteroatoms. The summed E-state index contributed by atoms with van der Waals surface area (Å²) in [6.07, 6.45) is 0.686. The molecule has 1 fully saturated rings. The molecule has 1 unspecified atom stereocenters. The molecule has 0 aliphatic carbocycles. The van der Waals surface area contributed by atoms with Crippen LogP contribution >= 0.6 is 15.9 Å². The van der Waals surface area contributed by atoms with Gasteiger partial charge in [0.1, 0.15) is 0 Å². The van der Waals surface area contributed by atoms with Crippen molar-refractivity contribution in [3.63, 3.8) is 0 Å². The number of likely N-dealkylation sites (tertiary alicyclic amines) is 1. The van der Waals surface area contributed by atoms with E-state index in [1.807, 2.05) is 4.90 Å². The standard InChI is InChI=1S/C16H22BrNO/c1-16(2,3)14-6-4-12(5-7-14)10-18-11-13(9-17)8-15(18)19/h4-7,13H,8-11H2,1-3H3. The van der Waals surface area contributed by atoms with Crippen LogP contribution in [0.3, 0.4) is 0 Å². The molecule has 1 aliphatic heterocycles. The van der Waals surface area contributed by atoms with Crippen molar-refractivity contribution in [1.29, 1.82) is 0 Å². The Kier molecular flexibility index (Phi) is 4.34. The average Bonchev–Trinajstić information content (AvgIpc) is 2.70. The Hall–Kier alpha value is -0.830. The van der Waals surface area contributed by atoms with Crippen LogP contribution in [0.15, 0.2) is 24.3 Å². The SMILES string of the molecule is CC(C)(C)c1ccc(CN2CC(CBr)CC2=O)cc1. The molecule has 1 amide bonds. The molecule has 0 spiro atoms. The first-order chi connectivity index (χ1) is 8.90. The van der Waals surface area contributed by atoms with Crippen LogP contribution in [0.5, 0.6) is 0 Å². The normalized spacial score (nSPS) is 20.1. The molecule has 1 saturated heterocycles. The second kappa shape index (κ2) is 5.66. The van der Waals surface area contributed by atoms with Crippen LogP contribution in [0.2, 0.25) is 0 Å². The maximum Gasteiger partial charge on any atom is 0.223 e. The number of hydrogen-bond donors (Lipinski definition) is 0. The quantitative estimate of drug-likeness (QED) is 0.776. The molecule has 2 nitrogen and oxygen atoms in total. The van der Waals surface area contributed by atoms with Crippen molar-refractivity contribution in [1.82, 2.24) is 4.90 Å². The monoisotopic (exact) mass is 323 g/mol. The molecule has 1 heterocycles.